The molecular weight excluding hydrogens is 286 g/mol. The van der Waals surface area contributed by atoms with Gasteiger partial charge in [-0.05, 0) is 31.5 Å². The molecule has 2 atom stereocenters. The number of para-hydroxylation sites is 1. The molecule has 0 aliphatic carbocycles. The van der Waals surface area contributed by atoms with Crippen molar-refractivity contribution in [3.8, 4) is 5.75 Å². The number of nitrogens with two attached hydrogens (primary N) is 1. The molecule has 0 saturated heterocycles. The fourth-order valence-corrected chi connectivity index (χ4v) is 3.25. The van der Waals surface area contributed by atoms with E-state index in [1.54, 1.807) is 11.8 Å². The molecule has 5 nitrogen and oxygen atoms in total. The Labute approximate surface area is 128 Å². The predicted octanol–water partition coefficient (Wildman–Crippen LogP) is 3.14. The molecule has 2 N–H and O–H groups in total. The molecule has 6 heteroatoms. The minimum atomic E-state index is -0.149. The first-order valence-corrected chi connectivity index (χ1v) is 8.18. The third-order valence-corrected chi connectivity index (χ3v) is 4.63. The van der Waals surface area contributed by atoms with Crippen molar-refractivity contribution in [3.05, 3.63) is 36.0 Å². The lowest BCUT2D eigenvalue weighted by molar-refractivity contribution is 0.205. The van der Waals surface area contributed by atoms with E-state index in [1.165, 1.54) is 0 Å². The van der Waals surface area contributed by atoms with Gasteiger partial charge in [0.25, 0.3) is 0 Å². The van der Waals surface area contributed by atoms with E-state index in [1.807, 2.05) is 18.2 Å². The maximum Gasteiger partial charge on any atom is 0.229 e. The number of benzene rings is 1. The number of fused-ring (bicyclic) bond motifs is 1. The van der Waals surface area contributed by atoms with Gasteiger partial charge in [-0.25, -0.2) is 0 Å². The summed E-state index contributed by atoms with van der Waals surface area (Å²) in [5, 5.41) is 4.09. The lowest BCUT2D eigenvalue weighted by Crippen LogP contribution is -2.16. The van der Waals surface area contributed by atoms with Crippen LogP contribution in [0.4, 0.5) is 0 Å². The second-order valence-corrected chi connectivity index (χ2v) is 6.25. The summed E-state index contributed by atoms with van der Waals surface area (Å²) in [7, 11) is 0. The third kappa shape index (κ3) is 3.22. The second kappa shape index (κ2) is 6.49. The summed E-state index contributed by atoms with van der Waals surface area (Å²) in [4.78, 5) is 5.66. The molecule has 0 radical (unpaired) electrons. The smallest absolute Gasteiger partial charge is 0.229 e. The van der Waals surface area contributed by atoms with Crippen LogP contribution in [-0.2, 0) is 0 Å². The molecular formula is C15H19N3O2S. The first kappa shape index (κ1) is 14.4. The molecule has 0 spiro atoms. The number of thioether (sulfide) groups is 1. The van der Waals surface area contributed by atoms with Crippen molar-refractivity contribution in [3.63, 3.8) is 0 Å². The molecule has 112 valence electrons. The van der Waals surface area contributed by atoms with Gasteiger partial charge in [-0.2, -0.15) is 4.98 Å². The van der Waals surface area contributed by atoms with E-state index in [0.29, 0.717) is 18.3 Å². The number of rotatable bonds is 5. The Morgan fingerprint density at radius 2 is 2.29 bits per heavy atom. The molecule has 0 fully saturated rings. The van der Waals surface area contributed by atoms with Crippen molar-refractivity contribution >= 4 is 11.8 Å². The zero-order valence-corrected chi connectivity index (χ0v) is 12.8. The van der Waals surface area contributed by atoms with Crippen LogP contribution in [0.5, 0.6) is 5.75 Å². The first-order chi connectivity index (χ1) is 10.3. The van der Waals surface area contributed by atoms with Crippen molar-refractivity contribution < 1.29 is 9.26 Å². The average Bonchev–Trinajstić information content (AvgIpc) is 3.02. The molecule has 3 rings (SSSR count). The zero-order valence-electron chi connectivity index (χ0n) is 12.0. The third-order valence-electron chi connectivity index (χ3n) is 3.52. The van der Waals surface area contributed by atoms with Crippen LogP contribution in [-0.4, -0.2) is 22.4 Å². The van der Waals surface area contributed by atoms with Crippen LogP contribution >= 0.6 is 11.8 Å². The number of aromatic nitrogens is 2. The van der Waals surface area contributed by atoms with Gasteiger partial charge < -0.3 is 15.0 Å². The highest BCUT2D eigenvalue weighted by atomic mass is 32.2. The quantitative estimate of drug-likeness (QED) is 0.914. The predicted molar refractivity (Wildman–Crippen MR) is 81.5 cm³/mol. The summed E-state index contributed by atoms with van der Waals surface area (Å²) in [5.74, 6) is 3.23. The van der Waals surface area contributed by atoms with Crippen LogP contribution in [0, 0.1) is 0 Å². The Balaban J connectivity index is 1.70. The largest absolute Gasteiger partial charge is 0.480 e. The minimum absolute atomic E-state index is 0.149. The number of nitrogens with zero attached hydrogens (tertiary/aromatic N) is 2. The molecule has 21 heavy (non-hydrogen) atoms. The summed E-state index contributed by atoms with van der Waals surface area (Å²) in [5.41, 5.74) is 5.53. The van der Waals surface area contributed by atoms with Crippen LogP contribution in [0.15, 0.2) is 33.7 Å². The number of ether oxygens (including phenoxy) is 1. The van der Waals surface area contributed by atoms with Gasteiger partial charge in [-0.1, -0.05) is 24.2 Å². The maximum atomic E-state index is 5.97. The van der Waals surface area contributed by atoms with Crippen LogP contribution in [0.2, 0.25) is 0 Å². The van der Waals surface area contributed by atoms with Gasteiger partial charge in [0.2, 0.25) is 11.7 Å². The zero-order chi connectivity index (χ0) is 14.7. The molecule has 1 aliphatic heterocycles. The summed E-state index contributed by atoms with van der Waals surface area (Å²) >= 11 is 1.76. The molecule has 1 aliphatic rings. The fraction of sp³-hybridized carbons (Fsp3) is 0.467. The Morgan fingerprint density at radius 1 is 1.43 bits per heavy atom. The van der Waals surface area contributed by atoms with E-state index < -0.39 is 0 Å². The first-order valence-electron chi connectivity index (χ1n) is 7.20. The van der Waals surface area contributed by atoms with E-state index >= 15 is 0 Å². The van der Waals surface area contributed by atoms with Gasteiger partial charge in [0.1, 0.15) is 5.75 Å². The van der Waals surface area contributed by atoms with Gasteiger partial charge in [-0.3, -0.25) is 0 Å². The molecule has 1 aromatic heterocycles. The molecule has 1 aromatic carbocycles. The highest BCUT2D eigenvalue weighted by Gasteiger charge is 2.26. The van der Waals surface area contributed by atoms with E-state index in [-0.39, 0.29) is 12.0 Å². The highest BCUT2D eigenvalue weighted by Crippen LogP contribution is 2.39. The van der Waals surface area contributed by atoms with E-state index in [0.717, 1.165) is 29.2 Å². The van der Waals surface area contributed by atoms with E-state index in [4.69, 9.17) is 15.0 Å². The van der Waals surface area contributed by atoms with Crippen LogP contribution < -0.4 is 10.5 Å². The number of hydrogen-bond acceptors (Lipinski definition) is 6. The fourth-order valence-electron chi connectivity index (χ4n) is 2.27. The standard InChI is InChI=1S/C15H19N3O2S/c1-10(5-4-8-16)15-17-14(18-20-15)12-9-21-13-7-3-2-6-11(13)19-12/h2-3,6-7,10,12H,4-5,8-9,16H2,1H3. The Hall–Kier alpha value is -1.53. The van der Waals surface area contributed by atoms with Crippen molar-refractivity contribution in [1.29, 1.82) is 0 Å². The van der Waals surface area contributed by atoms with Gasteiger partial charge in [0.05, 0.1) is 0 Å². The minimum Gasteiger partial charge on any atom is -0.480 e. The number of hydrogen-bond donors (Lipinski definition) is 1. The molecule has 2 unspecified atom stereocenters. The monoisotopic (exact) mass is 305 g/mol. The lowest BCUT2D eigenvalue weighted by atomic mass is 10.1. The van der Waals surface area contributed by atoms with Crippen molar-refractivity contribution in [2.45, 2.75) is 36.7 Å². The summed E-state index contributed by atoms with van der Waals surface area (Å²) in [6.45, 7) is 2.77. The summed E-state index contributed by atoms with van der Waals surface area (Å²) in [6, 6.07) is 8.02. The molecule has 2 heterocycles. The molecule has 0 bridgehead atoms. The molecule has 0 saturated carbocycles. The Morgan fingerprint density at radius 3 is 3.14 bits per heavy atom. The van der Waals surface area contributed by atoms with Crippen LogP contribution in [0.25, 0.3) is 0 Å². The van der Waals surface area contributed by atoms with Gasteiger partial charge in [0, 0.05) is 16.6 Å². The lowest BCUT2D eigenvalue weighted by Gasteiger charge is -2.22. The topological polar surface area (TPSA) is 74.2 Å². The van der Waals surface area contributed by atoms with E-state index in [9.17, 15) is 0 Å². The van der Waals surface area contributed by atoms with Gasteiger partial charge in [0.15, 0.2) is 6.10 Å². The van der Waals surface area contributed by atoms with E-state index in [2.05, 4.69) is 23.1 Å². The Kier molecular flexibility index (Phi) is 4.45. The van der Waals surface area contributed by atoms with Gasteiger partial charge >= 0.3 is 0 Å². The van der Waals surface area contributed by atoms with Crippen molar-refractivity contribution in [1.82, 2.24) is 10.1 Å². The SMILES string of the molecule is CC(CCCN)c1nc(C2CSc3ccccc3O2)no1. The second-order valence-electron chi connectivity index (χ2n) is 5.19. The summed E-state index contributed by atoms with van der Waals surface area (Å²) in [6.07, 6.45) is 1.77. The van der Waals surface area contributed by atoms with Gasteiger partial charge in [-0.15, -0.1) is 11.8 Å². The normalized spacial score (nSPS) is 18.9. The molecule has 2 aromatic rings. The highest BCUT2D eigenvalue weighted by molar-refractivity contribution is 7.99. The average molecular weight is 305 g/mol. The summed E-state index contributed by atoms with van der Waals surface area (Å²) < 4.78 is 11.3. The Bertz CT molecular complexity index is 602. The maximum absolute atomic E-state index is 5.97. The molecule has 0 amide bonds. The van der Waals surface area contributed by atoms with Crippen molar-refractivity contribution in [2.24, 2.45) is 5.73 Å². The van der Waals surface area contributed by atoms with Crippen molar-refractivity contribution in [2.75, 3.05) is 12.3 Å². The van der Waals surface area contributed by atoms with Crippen LogP contribution in [0.3, 0.4) is 0 Å². The van der Waals surface area contributed by atoms with Crippen LogP contribution in [0.1, 0.15) is 43.5 Å².